The molecule has 0 aliphatic heterocycles. The fraction of sp³-hybridized carbons (Fsp3) is 0.267. The zero-order valence-corrected chi connectivity index (χ0v) is 10.9. The Balaban J connectivity index is 2.11. The Morgan fingerprint density at radius 3 is 2.50 bits per heavy atom. The van der Waals surface area contributed by atoms with Crippen LogP contribution in [0.4, 0.5) is 0 Å². The summed E-state index contributed by atoms with van der Waals surface area (Å²) in [4.78, 5) is 4.14. The van der Waals surface area contributed by atoms with E-state index >= 15 is 0 Å². The van der Waals surface area contributed by atoms with Crippen molar-refractivity contribution in [1.29, 1.82) is 0 Å². The third-order valence-corrected chi connectivity index (χ3v) is 2.63. The number of aromatic nitrogens is 1. The van der Waals surface area contributed by atoms with Crippen molar-refractivity contribution in [2.75, 3.05) is 7.11 Å². The SMILES string of the molecule is COc1ncccc1COc1cc(C)cc(C)c1. The average molecular weight is 243 g/mol. The number of nitrogens with zero attached hydrogens (tertiary/aromatic N) is 1. The van der Waals surface area contributed by atoms with Gasteiger partial charge in [-0.15, -0.1) is 0 Å². The van der Waals surface area contributed by atoms with E-state index in [0.717, 1.165) is 11.3 Å². The van der Waals surface area contributed by atoms with Gasteiger partial charge in [-0.25, -0.2) is 4.98 Å². The van der Waals surface area contributed by atoms with E-state index in [1.54, 1.807) is 13.3 Å². The number of hydrogen-bond acceptors (Lipinski definition) is 3. The van der Waals surface area contributed by atoms with Crippen LogP contribution in [0.1, 0.15) is 16.7 Å². The molecular formula is C15H17NO2. The zero-order chi connectivity index (χ0) is 13.0. The maximum absolute atomic E-state index is 5.78. The molecule has 0 spiro atoms. The predicted octanol–water partition coefficient (Wildman–Crippen LogP) is 3.29. The van der Waals surface area contributed by atoms with Crippen LogP contribution in [0.5, 0.6) is 11.6 Å². The summed E-state index contributed by atoms with van der Waals surface area (Å²) in [6.07, 6.45) is 1.71. The molecule has 94 valence electrons. The zero-order valence-electron chi connectivity index (χ0n) is 10.9. The van der Waals surface area contributed by atoms with Crippen molar-refractivity contribution in [1.82, 2.24) is 4.98 Å². The molecule has 0 N–H and O–H groups in total. The lowest BCUT2D eigenvalue weighted by Crippen LogP contribution is -2.00. The highest BCUT2D eigenvalue weighted by atomic mass is 16.5. The molecule has 0 radical (unpaired) electrons. The Kier molecular flexibility index (Phi) is 3.82. The molecule has 0 fully saturated rings. The Hall–Kier alpha value is -2.03. The summed E-state index contributed by atoms with van der Waals surface area (Å²) in [5, 5.41) is 0. The van der Waals surface area contributed by atoms with Crippen molar-refractivity contribution >= 4 is 0 Å². The molecular weight excluding hydrogens is 226 g/mol. The number of ether oxygens (including phenoxy) is 2. The number of pyridine rings is 1. The lowest BCUT2D eigenvalue weighted by atomic mass is 10.1. The highest BCUT2D eigenvalue weighted by molar-refractivity contribution is 5.33. The number of rotatable bonds is 4. The van der Waals surface area contributed by atoms with Gasteiger partial charge in [0.15, 0.2) is 0 Å². The fourth-order valence-corrected chi connectivity index (χ4v) is 1.90. The lowest BCUT2D eigenvalue weighted by molar-refractivity contribution is 0.293. The Labute approximate surface area is 107 Å². The quantitative estimate of drug-likeness (QED) is 0.825. The second-order valence-electron chi connectivity index (χ2n) is 4.28. The van der Waals surface area contributed by atoms with Gasteiger partial charge < -0.3 is 9.47 Å². The number of hydrogen-bond donors (Lipinski definition) is 0. The minimum Gasteiger partial charge on any atom is -0.489 e. The van der Waals surface area contributed by atoms with Gasteiger partial charge >= 0.3 is 0 Å². The van der Waals surface area contributed by atoms with Gasteiger partial charge in [0.2, 0.25) is 5.88 Å². The van der Waals surface area contributed by atoms with Crippen molar-refractivity contribution < 1.29 is 9.47 Å². The number of methoxy groups -OCH3 is 1. The minimum absolute atomic E-state index is 0.458. The average Bonchev–Trinajstić information content (AvgIpc) is 2.35. The summed E-state index contributed by atoms with van der Waals surface area (Å²) in [6, 6.07) is 10.0. The first-order valence-electron chi connectivity index (χ1n) is 5.88. The summed E-state index contributed by atoms with van der Waals surface area (Å²) in [6.45, 7) is 4.58. The molecule has 0 aliphatic carbocycles. The molecule has 0 bridgehead atoms. The standard InChI is InChI=1S/C15H17NO2/c1-11-7-12(2)9-14(8-11)18-10-13-5-4-6-16-15(13)17-3/h4-9H,10H2,1-3H3. The van der Waals surface area contributed by atoms with E-state index in [0.29, 0.717) is 12.5 Å². The van der Waals surface area contributed by atoms with E-state index in [1.807, 2.05) is 24.3 Å². The molecule has 1 aromatic heterocycles. The van der Waals surface area contributed by atoms with E-state index in [2.05, 4.69) is 24.9 Å². The van der Waals surface area contributed by atoms with Crippen LogP contribution in [0.15, 0.2) is 36.5 Å². The van der Waals surface area contributed by atoms with Crippen LogP contribution in [0.3, 0.4) is 0 Å². The van der Waals surface area contributed by atoms with Crippen LogP contribution in [0.25, 0.3) is 0 Å². The molecule has 3 nitrogen and oxygen atoms in total. The maximum Gasteiger partial charge on any atom is 0.219 e. The Morgan fingerprint density at radius 2 is 1.83 bits per heavy atom. The van der Waals surface area contributed by atoms with Crippen LogP contribution >= 0.6 is 0 Å². The second-order valence-corrected chi connectivity index (χ2v) is 4.28. The second kappa shape index (κ2) is 5.54. The van der Waals surface area contributed by atoms with Crippen molar-refractivity contribution in [2.45, 2.75) is 20.5 Å². The van der Waals surface area contributed by atoms with Gasteiger partial charge in [-0.2, -0.15) is 0 Å². The summed E-state index contributed by atoms with van der Waals surface area (Å²) >= 11 is 0. The van der Waals surface area contributed by atoms with Gasteiger partial charge in [-0.1, -0.05) is 6.07 Å². The molecule has 3 heteroatoms. The molecule has 0 amide bonds. The van der Waals surface area contributed by atoms with Crippen molar-refractivity contribution in [3.05, 3.63) is 53.2 Å². The maximum atomic E-state index is 5.78. The first-order valence-corrected chi connectivity index (χ1v) is 5.88. The van der Waals surface area contributed by atoms with E-state index < -0.39 is 0 Å². The first-order chi connectivity index (χ1) is 8.69. The van der Waals surface area contributed by atoms with Gasteiger partial charge in [0.1, 0.15) is 12.4 Å². The van der Waals surface area contributed by atoms with E-state index in [9.17, 15) is 0 Å². The molecule has 18 heavy (non-hydrogen) atoms. The summed E-state index contributed by atoms with van der Waals surface area (Å²) < 4.78 is 11.0. The highest BCUT2D eigenvalue weighted by Crippen LogP contribution is 2.20. The van der Waals surface area contributed by atoms with Gasteiger partial charge in [0.05, 0.1) is 12.7 Å². The van der Waals surface area contributed by atoms with Crippen LogP contribution in [-0.4, -0.2) is 12.1 Å². The van der Waals surface area contributed by atoms with Crippen LogP contribution < -0.4 is 9.47 Å². The van der Waals surface area contributed by atoms with Gasteiger partial charge in [-0.3, -0.25) is 0 Å². The summed E-state index contributed by atoms with van der Waals surface area (Å²) in [5.74, 6) is 1.49. The molecule has 2 rings (SSSR count). The molecule has 2 aromatic rings. The van der Waals surface area contributed by atoms with Crippen molar-refractivity contribution in [3.63, 3.8) is 0 Å². The lowest BCUT2D eigenvalue weighted by Gasteiger charge is -2.10. The summed E-state index contributed by atoms with van der Waals surface area (Å²) in [7, 11) is 1.61. The highest BCUT2D eigenvalue weighted by Gasteiger charge is 2.04. The van der Waals surface area contributed by atoms with Crippen LogP contribution in [-0.2, 0) is 6.61 Å². The van der Waals surface area contributed by atoms with Gasteiger partial charge in [-0.05, 0) is 49.2 Å². The van der Waals surface area contributed by atoms with Crippen LogP contribution in [0.2, 0.25) is 0 Å². The first kappa shape index (κ1) is 12.4. The Bertz CT molecular complexity index is 518. The van der Waals surface area contributed by atoms with Crippen LogP contribution in [0, 0.1) is 13.8 Å². The molecule has 0 atom stereocenters. The molecule has 1 heterocycles. The predicted molar refractivity (Wildman–Crippen MR) is 71.0 cm³/mol. The molecule has 0 aliphatic rings. The molecule has 1 aromatic carbocycles. The third-order valence-electron chi connectivity index (χ3n) is 2.63. The monoisotopic (exact) mass is 243 g/mol. The molecule has 0 saturated heterocycles. The van der Waals surface area contributed by atoms with Crippen molar-refractivity contribution in [2.24, 2.45) is 0 Å². The number of aryl methyl sites for hydroxylation is 2. The van der Waals surface area contributed by atoms with E-state index in [-0.39, 0.29) is 0 Å². The summed E-state index contributed by atoms with van der Waals surface area (Å²) in [5.41, 5.74) is 3.34. The van der Waals surface area contributed by atoms with Crippen molar-refractivity contribution in [3.8, 4) is 11.6 Å². The molecule has 0 unspecified atom stereocenters. The largest absolute Gasteiger partial charge is 0.489 e. The normalized spacial score (nSPS) is 10.2. The van der Waals surface area contributed by atoms with Gasteiger partial charge in [0.25, 0.3) is 0 Å². The number of benzene rings is 1. The molecule has 0 saturated carbocycles. The van der Waals surface area contributed by atoms with Gasteiger partial charge in [0, 0.05) is 6.20 Å². The fourth-order valence-electron chi connectivity index (χ4n) is 1.90. The smallest absolute Gasteiger partial charge is 0.219 e. The topological polar surface area (TPSA) is 31.4 Å². The van der Waals surface area contributed by atoms with E-state index in [1.165, 1.54) is 11.1 Å². The Morgan fingerprint density at radius 1 is 1.11 bits per heavy atom. The minimum atomic E-state index is 0.458. The van der Waals surface area contributed by atoms with E-state index in [4.69, 9.17) is 9.47 Å². The third kappa shape index (κ3) is 3.00.